The summed E-state index contributed by atoms with van der Waals surface area (Å²) in [6, 6.07) is 8.45. The molecule has 3 heteroatoms. The Morgan fingerprint density at radius 1 is 1.37 bits per heavy atom. The van der Waals surface area contributed by atoms with Gasteiger partial charge in [0.25, 0.3) is 0 Å². The average Bonchev–Trinajstić information content (AvgIpc) is 2.83. The van der Waals surface area contributed by atoms with Gasteiger partial charge in [-0.15, -0.1) is 11.3 Å². The second kappa shape index (κ2) is 5.06. The first-order valence-corrected chi connectivity index (χ1v) is 7.78. The van der Waals surface area contributed by atoms with Gasteiger partial charge in [-0.2, -0.15) is 0 Å². The standard InChI is InChI=1S/C16H20N2S/c1-10-6-11(2)15-14(7-10)18-16(19-15)13-5-3-4-12(8-13)9-17/h3-5,8,10-11H,6-7,9,17H2,1-2H3. The predicted octanol–water partition coefficient (Wildman–Crippen LogP) is 3.95. The fourth-order valence-electron chi connectivity index (χ4n) is 2.97. The first-order valence-electron chi connectivity index (χ1n) is 6.96. The van der Waals surface area contributed by atoms with Gasteiger partial charge in [0.15, 0.2) is 0 Å². The van der Waals surface area contributed by atoms with Crippen molar-refractivity contribution in [2.45, 2.75) is 39.2 Å². The van der Waals surface area contributed by atoms with Crippen molar-refractivity contribution in [3.05, 3.63) is 40.4 Å². The van der Waals surface area contributed by atoms with Crippen molar-refractivity contribution >= 4 is 11.3 Å². The first-order chi connectivity index (χ1) is 9.17. The van der Waals surface area contributed by atoms with Crippen LogP contribution in [-0.2, 0) is 13.0 Å². The number of nitrogens with zero attached hydrogens (tertiary/aromatic N) is 1. The fraction of sp³-hybridized carbons (Fsp3) is 0.438. The van der Waals surface area contributed by atoms with E-state index in [0.717, 1.165) is 17.3 Å². The normalized spacial score (nSPS) is 22.3. The molecule has 0 radical (unpaired) electrons. The van der Waals surface area contributed by atoms with Crippen LogP contribution >= 0.6 is 11.3 Å². The maximum Gasteiger partial charge on any atom is 0.123 e. The number of nitrogens with two attached hydrogens (primary N) is 1. The van der Waals surface area contributed by atoms with Crippen molar-refractivity contribution < 1.29 is 0 Å². The lowest BCUT2D eigenvalue weighted by Gasteiger charge is -2.22. The van der Waals surface area contributed by atoms with E-state index in [1.165, 1.54) is 28.1 Å². The van der Waals surface area contributed by atoms with Crippen LogP contribution in [0.1, 0.15) is 42.3 Å². The van der Waals surface area contributed by atoms with Crippen LogP contribution < -0.4 is 5.73 Å². The molecule has 1 aliphatic rings. The summed E-state index contributed by atoms with van der Waals surface area (Å²) in [5.41, 5.74) is 9.42. The van der Waals surface area contributed by atoms with Crippen LogP contribution in [0.5, 0.6) is 0 Å². The van der Waals surface area contributed by atoms with Gasteiger partial charge in [0.1, 0.15) is 5.01 Å². The summed E-state index contributed by atoms with van der Waals surface area (Å²) in [6.45, 7) is 5.24. The lowest BCUT2D eigenvalue weighted by Crippen LogP contribution is -2.12. The number of hydrogen-bond acceptors (Lipinski definition) is 3. The van der Waals surface area contributed by atoms with Crippen molar-refractivity contribution in [3.63, 3.8) is 0 Å². The van der Waals surface area contributed by atoms with E-state index in [2.05, 4.69) is 38.1 Å². The van der Waals surface area contributed by atoms with E-state index in [1.54, 1.807) is 0 Å². The highest BCUT2D eigenvalue weighted by Gasteiger charge is 2.25. The summed E-state index contributed by atoms with van der Waals surface area (Å²) in [6.07, 6.45) is 2.42. The van der Waals surface area contributed by atoms with Crippen LogP contribution in [0.3, 0.4) is 0 Å². The Hall–Kier alpha value is -1.19. The highest BCUT2D eigenvalue weighted by Crippen LogP contribution is 2.40. The van der Waals surface area contributed by atoms with Crippen LogP contribution in [0.15, 0.2) is 24.3 Å². The zero-order valence-corrected chi connectivity index (χ0v) is 12.3. The topological polar surface area (TPSA) is 38.9 Å². The Kier molecular flexibility index (Phi) is 3.42. The molecule has 1 aliphatic carbocycles. The Balaban J connectivity index is 2.00. The second-order valence-corrected chi connectivity index (χ2v) is 6.71. The summed E-state index contributed by atoms with van der Waals surface area (Å²) in [5.74, 6) is 1.41. The van der Waals surface area contributed by atoms with E-state index in [9.17, 15) is 0 Å². The van der Waals surface area contributed by atoms with E-state index >= 15 is 0 Å². The SMILES string of the molecule is CC1Cc2nc(-c3cccc(CN)c3)sc2C(C)C1. The zero-order chi connectivity index (χ0) is 13.4. The van der Waals surface area contributed by atoms with E-state index in [0.29, 0.717) is 12.5 Å². The molecular weight excluding hydrogens is 252 g/mol. The third-order valence-corrected chi connectivity index (χ3v) is 5.26. The molecule has 0 spiro atoms. The molecule has 19 heavy (non-hydrogen) atoms. The molecule has 0 saturated heterocycles. The predicted molar refractivity (Wildman–Crippen MR) is 81.3 cm³/mol. The van der Waals surface area contributed by atoms with E-state index in [-0.39, 0.29) is 0 Å². The summed E-state index contributed by atoms with van der Waals surface area (Å²) >= 11 is 1.87. The first kappa shape index (κ1) is 12.8. The van der Waals surface area contributed by atoms with Gasteiger partial charge in [-0.1, -0.05) is 32.0 Å². The highest BCUT2D eigenvalue weighted by atomic mass is 32.1. The average molecular weight is 272 g/mol. The Morgan fingerprint density at radius 2 is 2.21 bits per heavy atom. The molecule has 1 aromatic heterocycles. The minimum Gasteiger partial charge on any atom is -0.326 e. The van der Waals surface area contributed by atoms with Gasteiger partial charge in [0, 0.05) is 17.0 Å². The van der Waals surface area contributed by atoms with E-state index in [4.69, 9.17) is 10.7 Å². The van der Waals surface area contributed by atoms with E-state index in [1.807, 2.05) is 11.3 Å². The number of thiazole rings is 1. The second-order valence-electron chi connectivity index (χ2n) is 5.68. The molecule has 3 rings (SSSR count). The maximum absolute atomic E-state index is 5.72. The Bertz CT molecular complexity index is 588. The molecule has 1 aromatic carbocycles. The van der Waals surface area contributed by atoms with Crippen molar-refractivity contribution in [1.82, 2.24) is 4.98 Å². The lowest BCUT2D eigenvalue weighted by atomic mass is 9.86. The number of aromatic nitrogens is 1. The van der Waals surface area contributed by atoms with Crippen molar-refractivity contribution in [1.29, 1.82) is 0 Å². The molecule has 2 unspecified atom stereocenters. The van der Waals surface area contributed by atoms with Crippen LogP contribution in [0.25, 0.3) is 10.6 Å². The van der Waals surface area contributed by atoms with Gasteiger partial charge in [0.2, 0.25) is 0 Å². The molecule has 100 valence electrons. The molecule has 2 atom stereocenters. The summed E-state index contributed by atoms with van der Waals surface area (Å²) in [5, 5.41) is 1.15. The molecule has 0 fully saturated rings. The van der Waals surface area contributed by atoms with Gasteiger partial charge in [-0.05, 0) is 36.3 Å². The number of fused-ring (bicyclic) bond motifs is 1. The lowest BCUT2D eigenvalue weighted by molar-refractivity contribution is 0.450. The third kappa shape index (κ3) is 2.45. The number of benzene rings is 1. The van der Waals surface area contributed by atoms with Gasteiger partial charge in [-0.25, -0.2) is 4.98 Å². The Labute approximate surface area is 118 Å². The summed E-state index contributed by atoms with van der Waals surface area (Å²) in [7, 11) is 0. The van der Waals surface area contributed by atoms with Crippen LogP contribution in [0.2, 0.25) is 0 Å². The highest BCUT2D eigenvalue weighted by molar-refractivity contribution is 7.15. The fourth-order valence-corrected chi connectivity index (χ4v) is 4.13. The van der Waals surface area contributed by atoms with Crippen LogP contribution in [-0.4, -0.2) is 4.98 Å². The molecule has 0 bridgehead atoms. The molecule has 2 nitrogen and oxygen atoms in total. The monoisotopic (exact) mass is 272 g/mol. The van der Waals surface area contributed by atoms with Crippen molar-refractivity contribution in [2.24, 2.45) is 11.7 Å². The van der Waals surface area contributed by atoms with Gasteiger partial charge in [-0.3, -0.25) is 0 Å². The summed E-state index contributed by atoms with van der Waals surface area (Å²) < 4.78 is 0. The largest absolute Gasteiger partial charge is 0.326 e. The van der Waals surface area contributed by atoms with Crippen LogP contribution in [0.4, 0.5) is 0 Å². The summed E-state index contributed by atoms with van der Waals surface area (Å²) in [4.78, 5) is 6.37. The van der Waals surface area contributed by atoms with E-state index < -0.39 is 0 Å². The molecule has 0 aliphatic heterocycles. The minimum absolute atomic E-state index is 0.590. The maximum atomic E-state index is 5.72. The smallest absolute Gasteiger partial charge is 0.123 e. The number of hydrogen-bond donors (Lipinski definition) is 1. The van der Waals surface area contributed by atoms with Gasteiger partial charge < -0.3 is 5.73 Å². The molecule has 0 amide bonds. The molecule has 1 heterocycles. The van der Waals surface area contributed by atoms with Gasteiger partial charge in [0.05, 0.1) is 5.69 Å². The molecular formula is C16H20N2S. The van der Waals surface area contributed by atoms with Crippen molar-refractivity contribution in [3.8, 4) is 10.6 Å². The number of rotatable bonds is 2. The minimum atomic E-state index is 0.590. The molecule has 2 aromatic rings. The molecule has 2 N–H and O–H groups in total. The molecule has 0 saturated carbocycles. The quantitative estimate of drug-likeness (QED) is 0.899. The van der Waals surface area contributed by atoms with Gasteiger partial charge >= 0.3 is 0 Å². The third-order valence-electron chi connectivity index (χ3n) is 3.88. The van der Waals surface area contributed by atoms with Crippen molar-refractivity contribution in [2.75, 3.05) is 0 Å². The zero-order valence-electron chi connectivity index (χ0n) is 11.5. The Morgan fingerprint density at radius 3 is 3.00 bits per heavy atom. The van der Waals surface area contributed by atoms with Crippen LogP contribution in [0, 0.1) is 5.92 Å².